The Hall–Kier alpha value is -9.29. The Kier molecular flexibility index (Phi) is 39.5. The molecule has 4 nitrogen and oxygen atoms in total. The van der Waals surface area contributed by atoms with Gasteiger partial charge in [0.2, 0.25) is 0 Å². The highest BCUT2D eigenvalue weighted by atomic mass is 28.3. The second-order valence-electron chi connectivity index (χ2n) is 44.1. The maximum absolute atomic E-state index is 7.84. The lowest BCUT2D eigenvalue weighted by atomic mass is 9.86. The molecule has 0 amide bonds. The Morgan fingerprint density at radius 2 is 0.272 bits per heavy atom. The molecule has 1 aliphatic rings. The van der Waals surface area contributed by atoms with E-state index < -0.39 is 32.3 Å². The molecule has 0 spiro atoms. The molecule has 720 valence electrons. The Bertz CT molecular complexity index is 4840. The van der Waals surface area contributed by atoms with Crippen LogP contribution in [0.1, 0.15) is 278 Å². The largest absolute Gasteiger partial charge is 0.493 e. The molecule has 13 rings (SSSR count). The Morgan fingerprint density at radius 3 is 0.404 bits per heavy atom. The van der Waals surface area contributed by atoms with Crippen LogP contribution in [0.4, 0.5) is 0 Å². The predicted octanol–water partition coefficient (Wildman–Crippen LogP) is 36.0. The van der Waals surface area contributed by atoms with E-state index in [4.69, 9.17) is 18.9 Å². The molecule has 8 bridgehead atoms. The van der Waals surface area contributed by atoms with Gasteiger partial charge in [0.05, 0.1) is 58.7 Å². The fourth-order valence-corrected chi connectivity index (χ4v) is 24.7. The van der Waals surface area contributed by atoms with E-state index in [0.717, 1.165) is 74.4 Å². The van der Waals surface area contributed by atoms with Crippen molar-refractivity contribution in [1.29, 1.82) is 0 Å². The van der Waals surface area contributed by atoms with E-state index in [1.54, 1.807) is 0 Å². The van der Waals surface area contributed by atoms with Gasteiger partial charge in [0.15, 0.2) is 0 Å². The molecule has 1 aliphatic carbocycles. The van der Waals surface area contributed by atoms with Crippen LogP contribution in [-0.4, -0.2) is 58.7 Å². The topological polar surface area (TPSA) is 36.9 Å². The highest BCUT2D eigenvalue weighted by Gasteiger charge is 2.29. The molecule has 136 heavy (non-hydrogen) atoms. The van der Waals surface area contributed by atoms with Crippen molar-refractivity contribution in [3.8, 4) is 112 Å². The first-order chi connectivity index (χ1) is 65.8. The summed E-state index contributed by atoms with van der Waals surface area (Å²) in [5.41, 5.74) is 28.6. The molecular formula is C128H168O4Si4. The molecule has 12 aromatic rings. The van der Waals surface area contributed by atoms with E-state index >= 15 is 0 Å². The number of unbranched alkanes of at least 4 members (excludes halogenated alkanes) is 28. The van der Waals surface area contributed by atoms with Gasteiger partial charge in [0, 0.05) is 25.7 Å². The van der Waals surface area contributed by atoms with Crippen LogP contribution in [0.3, 0.4) is 0 Å². The van der Waals surface area contributed by atoms with E-state index in [9.17, 15) is 0 Å². The molecule has 12 aromatic carbocycles. The minimum absolute atomic E-state index is 0.574. The standard InChI is InChI=1S/C128H168O4Si4/c1-17-21-25-29-33-37-41-45-81-129-125-113-85-109(105-57-49-97(50-58-105)101-65-73-121(74-66-101)133(5,6)7)86-114(125)94-116-88-111(107-61-53-99(54-62-107)103-69-77-123(78-70-103)135(11,12)13)90-118(127(116)131-83-47-43-39-35-31-27-23-19-3)96-120-92-112(108-63-55-100(56-64-108)104-71-79-124(80-72-104)136(14,15)16)91-119(128(120)132-84-48-44-40-36-32-28-24-20-4)95-117-89-110(87-115(93-113)126(117)130-82-46-42-38-34-30-26-22-18-2)106-59-51-98(52-60-106)102-67-75-122(76-68-102)134(8,9)10/h49-80,85-92H,17-48,81-84,93-96H2,1-16H3. The molecule has 0 unspecified atom stereocenters. The number of hydrogen-bond acceptors (Lipinski definition) is 4. The van der Waals surface area contributed by atoms with Gasteiger partial charge in [-0.1, -0.05) is 501 Å². The third-order valence-corrected chi connectivity index (χ3v) is 36.9. The predicted molar refractivity (Wildman–Crippen MR) is 605 cm³/mol. The first-order valence-corrected chi connectivity index (χ1v) is 67.8. The highest BCUT2D eigenvalue weighted by molar-refractivity contribution is 6.90. The molecular weight excluding hydrogens is 1710 g/mol. The van der Waals surface area contributed by atoms with Crippen LogP contribution in [0.2, 0.25) is 78.6 Å². The third kappa shape index (κ3) is 30.4. The SMILES string of the molecule is CCCCCCCCCCOc1c2cc(-c3ccc(-c4ccc([Si](C)(C)C)cc4)cc3)cc1Cc1cc(-c3ccc(-c4ccc([Si](C)(C)C)cc4)cc3)cc(c1OCCCCCCCCCC)Cc1cc(-c3ccc(-c4ccc([Si](C)(C)C)cc4)cc3)cc(c1OCCCCCCCCCC)Cc1cc(-c3ccc(-c4ccc([Si](C)(C)C)cc4)cc3)cc(c1OCCCCCCCCCC)C2. The normalized spacial score (nSPS) is 12.5. The van der Waals surface area contributed by atoms with Gasteiger partial charge in [-0.25, -0.2) is 0 Å². The molecule has 8 heteroatoms. The number of rotatable bonds is 52. The number of hydrogen-bond donors (Lipinski definition) is 0. The van der Waals surface area contributed by atoms with Gasteiger partial charge in [0.25, 0.3) is 0 Å². The minimum atomic E-state index is -1.52. The molecule has 0 aliphatic heterocycles. The van der Waals surface area contributed by atoms with Gasteiger partial charge in [-0.15, -0.1) is 0 Å². The molecule has 0 atom stereocenters. The van der Waals surface area contributed by atoms with Crippen molar-refractivity contribution in [2.75, 3.05) is 26.4 Å². The van der Waals surface area contributed by atoms with Crippen molar-refractivity contribution in [1.82, 2.24) is 0 Å². The quantitative estimate of drug-likeness (QED) is 0.0281. The molecule has 0 saturated heterocycles. The van der Waals surface area contributed by atoms with Crippen LogP contribution in [0.25, 0.3) is 89.0 Å². The number of benzene rings is 12. The summed E-state index contributed by atoms with van der Waals surface area (Å²) in [6.45, 7) is 41.1. The lowest BCUT2D eigenvalue weighted by molar-refractivity contribution is 0.293. The highest BCUT2D eigenvalue weighted by Crippen LogP contribution is 2.47. The minimum Gasteiger partial charge on any atom is -0.493 e. The fourth-order valence-electron chi connectivity index (χ4n) is 20.0. The first-order valence-electron chi connectivity index (χ1n) is 53.8. The Morgan fingerprint density at radius 1 is 0.154 bits per heavy atom. The molecule has 0 saturated carbocycles. The molecule has 0 aromatic heterocycles. The summed E-state index contributed by atoms with van der Waals surface area (Å²) >= 11 is 0. The van der Waals surface area contributed by atoms with Crippen LogP contribution < -0.4 is 39.7 Å². The van der Waals surface area contributed by atoms with Crippen molar-refractivity contribution in [3.63, 3.8) is 0 Å². The van der Waals surface area contributed by atoms with Gasteiger partial charge >= 0.3 is 0 Å². The van der Waals surface area contributed by atoms with E-state index in [0.29, 0.717) is 52.1 Å². The second-order valence-corrected chi connectivity index (χ2v) is 64.4. The van der Waals surface area contributed by atoms with Crippen molar-refractivity contribution in [2.45, 2.75) is 337 Å². The van der Waals surface area contributed by atoms with Crippen molar-refractivity contribution < 1.29 is 18.9 Å². The van der Waals surface area contributed by atoms with Crippen LogP contribution in [0.15, 0.2) is 243 Å². The smallest absolute Gasteiger partial charge is 0.126 e. The zero-order chi connectivity index (χ0) is 95.9. The zero-order valence-corrected chi connectivity index (χ0v) is 91.0. The Labute approximate surface area is 828 Å². The molecule has 0 heterocycles. The fraction of sp³-hybridized carbons (Fsp3) is 0.438. The summed E-state index contributed by atoms with van der Waals surface area (Å²) in [5.74, 6) is 3.93. The summed E-state index contributed by atoms with van der Waals surface area (Å²) in [5, 5.41) is 5.91. The monoisotopic (exact) mass is 1880 g/mol. The van der Waals surface area contributed by atoms with Crippen LogP contribution in [-0.2, 0) is 25.7 Å². The van der Waals surface area contributed by atoms with E-state index in [1.165, 1.54) is 308 Å². The maximum atomic E-state index is 7.84. The first kappa shape index (κ1) is 104. The summed E-state index contributed by atoms with van der Waals surface area (Å²) in [6, 6.07) is 96.0. The number of ether oxygens (including phenoxy) is 4. The molecule has 0 N–H and O–H groups in total. The molecule has 0 fully saturated rings. The zero-order valence-electron chi connectivity index (χ0n) is 87.0. The summed E-state index contributed by atoms with van der Waals surface area (Å²) in [6.07, 6.45) is 41.3. The van der Waals surface area contributed by atoms with E-state index in [2.05, 4.69) is 349 Å². The van der Waals surface area contributed by atoms with Gasteiger partial charge in [-0.2, -0.15) is 0 Å². The van der Waals surface area contributed by atoms with Crippen LogP contribution in [0.5, 0.6) is 23.0 Å². The van der Waals surface area contributed by atoms with Gasteiger partial charge in [-0.3, -0.25) is 0 Å². The van der Waals surface area contributed by atoms with Gasteiger partial charge < -0.3 is 18.9 Å². The van der Waals surface area contributed by atoms with Crippen LogP contribution >= 0.6 is 0 Å². The average Bonchev–Trinajstić information content (AvgIpc) is 0.761. The number of fused-ring (bicyclic) bond motifs is 8. The van der Waals surface area contributed by atoms with E-state index in [-0.39, 0.29) is 0 Å². The van der Waals surface area contributed by atoms with Crippen molar-refractivity contribution in [2.24, 2.45) is 0 Å². The lowest BCUT2D eigenvalue weighted by Crippen LogP contribution is -2.37. The third-order valence-electron chi connectivity index (χ3n) is 28.7. The second kappa shape index (κ2) is 51.6. The summed E-state index contributed by atoms with van der Waals surface area (Å²) < 4.78 is 31.4. The van der Waals surface area contributed by atoms with Crippen molar-refractivity contribution >= 4 is 53.0 Å². The average molecular weight is 1880 g/mol. The van der Waals surface area contributed by atoms with Gasteiger partial charge in [0.1, 0.15) is 23.0 Å². The van der Waals surface area contributed by atoms with Gasteiger partial charge in [-0.05, 0) is 208 Å². The maximum Gasteiger partial charge on any atom is 0.126 e. The van der Waals surface area contributed by atoms with E-state index in [1.807, 2.05) is 0 Å². The molecule has 0 radical (unpaired) electrons. The van der Waals surface area contributed by atoms with Crippen molar-refractivity contribution in [3.05, 3.63) is 287 Å². The van der Waals surface area contributed by atoms with Crippen LogP contribution in [0, 0.1) is 0 Å². The summed E-state index contributed by atoms with van der Waals surface area (Å²) in [7, 11) is -6.08. The Balaban J connectivity index is 1.08. The lowest BCUT2D eigenvalue weighted by Gasteiger charge is -2.25. The summed E-state index contributed by atoms with van der Waals surface area (Å²) in [4.78, 5) is 0.